The van der Waals surface area contributed by atoms with E-state index in [2.05, 4.69) is 47.6 Å². The Labute approximate surface area is 172 Å². The van der Waals surface area contributed by atoms with Gasteiger partial charge in [-0.1, -0.05) is 47.6 Å². The predicted octanol–water partition coefficient (Wildman–Crippen LogP) is 4.65. The average Bonchev–Trinajstić information content (AvgIpc) is 2.96. The second-order valence-electron chi connectivity index (χ2n) is 10.4. The third kappa shape index (κ3) is 6.61. The van der Waals surface area contributed by atoms with Crippen LogP contribution in [0, 0.1) is 16.2 Å². The van der Waals surface area contributed by atoms with Gasteiger partial charge in [0.15, 0.2) is 0 Å². The van der Waals surface area contributed by atoms with E-state index in [1.54, 1.807) is 6.92 Å². The van der Waals surface area contributed by atoms with E-state index < -0.39 is 12.0 Å². The molecule has 0 aromatic rings. The third-order valence-electron chi connectivity index (χ3n) is 6.68. The Balaban J connectivity index is 2.76. The summed E-state index contributed by atoms with van der Waals surface area (Å²) < 4.78 is 5.57. The molecule has 1 fully saturated rings. The number of primary amides is 1. The Morgan fingerprint density at radius 2 is 1.82 bits per heavy atom. The number of nitrogens with zero attached hydrogens (tertiary/aromatic N) is 1. The molecule has 1 aliphatic heterocycles. The number of likely N-dealkylation sites (tertiary alicyclic amines) is 1. The molecule has 0 aromatic carbocycles. The topological polar surface area (TPSA) is 72.6 Å². The average molecular weight is 395 g/mol. The van der Waals surface area contributed by atoms with E-state index in [-0.39, 0.29) is 22.2 Å². The normalized spacial score (nSPS) is 17.9. The molecule has 0 aliphatic carbocycles. The number of carbonyl (C=O) groups is 2. The van der Waals surface area contributed by atoms with Crippen LogP contribution in [0.2, 0.25) is 0 Å². The number of rotatable bonds is 11. The van der Waals surface area contributed by atoms with Crippen LogP contribution < -0.4 is 5.73 Å². The zero-order chi connectivity index (χ0) is 21.8. The van der Waals surface area contributed by atoms with Gasteiger partial charge < -0.3 is 15.4 Å². The first-order valence-electron chi connectivity index (χ1n) is 10.6. The van der Waals surface area contributed by atoms with Crippen molar-refractivity contribution in [2.24, 2.45) is 22.0 Å². The van der Waals surface area contributed by atoms with Crippen LogP contribution in [0.25, 0.3) is 0 Å². The van der Waals surface area contributed by atoms with Crippen molar-refractivity contribution in [1.82, 2.24) is 4.90 Å². The van der Waals surface area contributed by atoms with Gasteiger partial charge in [0.2, 0.25) is 11.8 Å². The fraction of sp³-hybridized carbons (Fsp3) is 0.826. The zero-order valence-electron chi connectivity index (χ0n) is 19.4. The molecular formula is C23H42N2O3. The Bertz CT molecular complexity index is 591. The molecule has 5 heteroatoms. The number of hydrogen-bond donors (Lipinski definition) is 1. The van der Waals surface area contributed by atoms with Gasteiger partial charge in [0.25, 0.3) is 0 Å². The molecular weight excluding hydrogens is 352 g/mol. The summed E-state index contributed by atoms with van der Waals surface area (Å²) in [6.45, 7) is 18.9. The predicted molar refractivity (Wildman–Crippen MR) is 115 cm³/mol. The summed E-state index contributed by atoms with van der Waals surface area (Å²) in [4.78, 5) is 25.3. The SMILES string of the molecule is C/C=C(\CC(C)(C)C(C)(C)CC(C)(C)CCOC(C)C(N)=O)N1CCCC1=O. The van der Waals surface area contributed by atoms with Crippen molar-refractivity contribution in [3.05, 3.63) is 11.8 Å². The van der Waals surface area contributed by atoms with Crippen LogP contribution in [0.1, 0.15) is 87.5 Å². The van der Waals surface area contributed by atoms with Crippen LogP contribution in [-0.4, -0.2) is 36.0 Å². The van der Waals surface area contributed by atoms with E-state index in [1.807, 2.05) is 11.8 Å². The van der Waals surface area contributed by atoms with Gasteiger partial charge in [-0.25, -0.2) is 0 Å². The fourth-order valence-corrected chi connectivity index (χ4v) is 4.12. The van der Waals surface area contributed by atoms with Crippen LogP contribution in [0.4, 0.5) is 0 Å². The summed E-state index contributed by atoms with van der Waals surface area (Å²) in [6, 6.07) is 0. The minimum atomic E-state index is -0.546. The van der Waals surface area contributed by atoms with Gasteiger partial charge in [0.1, 0.15) is 6.10 Å². The minimum Gasteiger partial charge on any atom is -0.369 e. The summed E-state index contributed by atoms with van der Waals surface area (Å²) in [5.41, 5.74) is 6.57. The van der Waals surface area contributed by atoms with Gasteiger partial charge in [0.05, 0.1) is 0 Å². The third-order valence-corrected chi connectivity index (χ3v) is 6.68. The number of ether oxygens (including phenoxy) is 1. The second kappa shape index (κ2) is 9.43. The van der Waals surface area contributed by atoms with Crippen LogP contribution in [0.15, 0.2) is 11.8 Å². The molecule has 1 atom stereocenters. The molecule has 0 spiro atoms. The lowest BCUT2D eigenvalue weighted by molar-refractivity contribution is -0.129. The molecule has 0 saturated carbocycles. The van der Waals surface area contributed by atoms with Crippen LogP contribution in [0.5, 0.6) is 0 Å². The molecule has 1 unspecified atom stereocenters. The van der Waals surface area contributed by atoms with Crippen molar-refractivity contribution in [2.75, 3.05) is 13.2 Å². The quantitative estimate of drug-likeness (QED) is 0.554. The smallest absolute Gasteiger partial charge is 0.246 e. The molecule has 2 amide bonds. The molecule has 0 radical (unpaired) electrons. The largest absolute Gasteiger partial charge is 0.369 e. The summed E-state index contributed by atoms with van der Waals surface area (Å²) in [5.74, 6) is -0.169. The van der Waals surface area contributed by atoms with Crippen LogP contribution >= 0.6 is 0 Å². The molecule has 162 valence electrons. The van der Waals surface area contributed by atoms with Crippen LogP contribution in [0.3, 0.4) is 0 Å². The van der Waals surface area contributed by atoms with E-state index in [4.69, 9.17) is 10.5 Å². The van der Waals surface area contributed by atoms with Crippen molar-refractivity contribution in [3.8, 4) is 0 Å². The van der Waals surface area contributed by atoms with Gasteiger partial charge >= 0.3 is 0 Å². The second-order valence-corrected chi connectivity index (χ2v) is 10.4. The molecule has 1 rings (SSSR count). The number of nitrogens with two attached hydrogens (primary N) is 1. The number of carbonyl (C=O) groups excluding carboxylic acids is 2. The van der Waals surface area contributed by atoms with E-state index in [0.717, 1.165) is 37.9 Å². The van der Waals surface area contributed by atoms with Gasteiger partial charge in [-0.15, -0.1) is 0 Å². The first kappa shape index (κ1) is 24.7. The number of allylic oxidation sites excluding steroid dienone is 2. The van der Waals surface area contributed by atoms with Gasteiger partial charge in [0, 0.05) is 25.3 Å². The lowest BCUT2D eigenvalue weighted by atomic mass is 9.59. The maximum absolute atomic E-state index is 12.2. The summed E-state index contributed by atoms with van der Waals surface area (Å²) in [6.07, 6.45) is 5.95. The van der Waals surface area contributed by atoms with E-state index >= 15 is 0 Å². The Hall–Kier alpha value is -1.36. The molecule has 0 bridgehead atoms. The van der Waals surface area contributed by atoms with Gasteiger partial charge in [-0.2, -0.15) is 0 Å². The van der Waals surface area contributed by atoms with E-state index in [9.17, 15) is 9.59 Å². The Kier molecular flexibility index (Phi) is 8.31. The highest BCUT2D eigenvalue weighted by Crippen LogP contribution is 2.50. The highest BCUT2D eigenvalue weighted by molar-refractivity contribution is 5.80. The molecule has 1 heterocycles. The molecule has 5 nitrogen and oxygen atoms in total. The highest BCUT2D eigenvalue weighted by atomic mass is 16.5. The minimum absolute atomic E-state index is 0.0242. The first-order chi connectivity index (χ1) is 12.7. The summed E-state index contributed by atoms with van der Waals surface area (Å²) >= 11 is 0. The fourth-order valence-electron chi connectivity index (χ4n) is 4.12. The Morgan fingerprint density at radius 3 is 2.29 bits per heavy atom. The molecule has 28 heavy (non-hydrogen) atoms. The van der Waals surface area contributed by atoms with Gasteiger partial charge in [-0.05, 0) is 55.8 Å². The van der Waals surface area contributed by atoms with E-state index in [0.29, 0.717) is 13.0 Å². The van der Waals surface area contributed by atoms with Crippen LogP contribution in [-0.2, 0) is 14.3 Å². The maximum Gasteiger partial charge on any atom is 0.246 e. The van der Waals surface area contributed by atoms with Gasteiger partial charge in [-0.3, -0.25) is 9.59 Å². The van der Waals surface area contributed by atoms with Crippen molar-refractivity contribution in [2.45, 2.75) is 93.6 Å². The molecule has 1 saturated heterocycles. The standard InChI is InChI=1S/C23H42N2O3/c1-9-18(25-13-10-11-19(25)26)15-22(5,6)23(7,8)16-21(3,4)12-14-28-17(2)20(24)27/h9,17H,10-16H2,1-8H3,(H2,24,27)/b18-9+. The molecule has 2 N–H and O–H groups in total. The Morgan fingerprint density at radius 1 is 1.21 bits per heavy atom. The van der Waals surface area contributed by atoms with Crippen molar-refractivity contribution in [3.63, 3.8) is 0 Å². The summed E-state index contributed by atoms with van der Waals surface area (Å²) in [7, 11) is 0. The molecule has 1 aliphatic rings. The van der Waals surface area contributed by atoms with Crippen molar-refractivity contribution < 1.29 is 14.3 Å². The van der Waals surface area contributed by atoms with E-state index in [1.165, 1.54) is 0 Å². The van der Waals surface area contributed by atoms with Crippen molar-refractivity contribution in [1.29, 1.82) is 0 Å². The monoisotopic (exact) mass is 394 g/mol. The lowest BCUT2D eigenvalue weighted by Crippen LogP contribution is -2.39. The van der Waals surface area contributed by atoms with Crippen molar-refractivity contribution >= 4 is 11.8 Å². The zero-order valence-corrected chi connectivity index (χ0v) is 19.4. The first-order valence-corrected chi connectivity index (χ1v) is 10.6. The number of amides is 2. The lowest BCUT2D eigenvalue weighted by Gasteiger charge is -2.47. The highest BCUT2D eigenvalue weighted by Gasteiger charge is 2.42. The molecule has 0 aromatic heterocycles. The summed E-state index contributed by atoms with van der Waals surface area (Å²) in [5, 5.41) is 0. The maximum atomic E-state index is 12.2. The number of hydrogen-bond acceptors (Lipinski definition) is 3.